The minimum atomic E-state index is -0.417. The molecule has 0 radical (unpaired) electrons. The minimum absolute atomic E-state index is 0.0434. The number of nitrogens with zero attached hydrogens (tertiary/aromatic N) is 3. The SMILES string of the molecule is O=C1C2C=CC=CC2C(=O)N1c1ccc(C(=O)N2CCCC2CN2CCCC2)cc1. The first-order chi connectivity index (χ1) is 14.6. The van der Waals surface area contributed by atoms with E-state index in [-0.39, 0.29) is 23.8 Å². The van der Waals surface area contributed by atoms with Crippen molar-refractivity contribution in [2.45, 2.75) is 31.7 Å². The zero-order valence-corrected chi connectivity index (χ0v) is 17.1. The summed E-state index contributed by atoms with van der Waals surface area (Å²) in [5.74, 6) is -1.19. The number of hydrogen-bond donors (Lipinski definition) is 0. The van der Waals surface area contributed by atoms with Crippen LogP contribution in [0.1, 0.15) is 36.0 Å². The average molecular weight is 405 g/mol. The zero-order chi connectivity index (χ0) is 20.7. The molecule has 3 fully saturated rings. The standard InChI is InChI=1S/C24H27N3O3/c28-22(26-15-5-6-19(26)16-25-13-3-4-14-25)17-9-11-18(12-10-17)27-23(29)20-7-1-2-8-21(20)24(27)30/h1-2,7-12,19-21H,3-6,13-16H2. The van der Waals surface area contributed by atoms with Gasteiger partial charge in [-0.05, 0) is 63.0 Å². The molecule has 0 spiro atoms. The Balaban J connectivity index is 1.30. The Labute approximate surface area is 176 Å². The largest absolute Gasteiger partial charge is 0.334 e. The molecular weight excluding hydrogens is 378 g/mol. The van der Waals surface area contributed by atoms with Crippen LogP contribution in [0.15, 0.2) is 48.6 Å². The van der Waals surface area contributed by atoms with Crippen molar-refractivity contribution >= 4 is 23.4 Å². The van der Waals surface area contributed by atoms with Gasteiger partial charge in [-0.3, -0.25) is 14.4 Å². The molecule has 6 heteroatoms. The Hall–Kier alpha value is -2.73. The molecule has 3 unspecified atom stereocenters. The van der Waals surface area contributed by atoms with E-state index in [2.05, 4.69) is 4.90 Å². The molecule has 1 aliphatic carbocycles. The van der Waals surface area contributed by atoms with Crippen LogP contribution >= 0.6 is 0 Å². The first-order valence-electron chi connectivity index (χ1n) is 11.0. The molecule has 1 aromatic rings. The van der Waals surface area contributed by atoms with Crippen molar-refractivity contribution in [1.82, 2.24) is 9.80 Å². The third kappa shape index (κ3) is 3.29. The van der Waals surface area contributed by atoms with Gasteiger partial charge in [0.2, 0.25) is 11.8 Å². The van der Waals surface area contributed by atoms with Crippen LogP contribution in [0.5, 0.6) is 0 Å². The molecule has 3 atom stereocenters. The molecule has 0 aromatic heterocycles. The van der Waals surface area contributed by atoms with E-state index in [0.29, 0.717) is 11.3 Å². The Morgan fingerprint density at radius 2 is 1.50 bits per heavy atom. The first kappa shape index (κ1) is 19.2. The van der Waals surface area contributed by atoms with E-state index in [1.165, 1.54) is 17.7 Å². The molecule has 6 nitrogen and oxygen atoms in total. The van der Waals surface area contributed by atoms with Gasteiger partial charge in [-0.2, -0.15) is 0 Å². The van der Waals surface area contributed by atoms with E-state index < -0.39 is 11.8 Å². The lowest BCUT2D eigenvalue weighted by Gasteiger charge is -2.28. The van der Waals surface area contributed by atoms with Crippen LogP contribution in [0.3, 0.4) is 0 Å². The van der Waals surface area contributed by atoms with Gasteiger partial charge in [-0.15, -0.1) is 0 Å². The van der Waals surface area contributed by atoms with Crippen LogP contribution in [0.25, 0.3) is 0 Å². The average Bonchev–Trinajstić information content (AvgIpc) is 3.50. The van der Waals surface area contributed by atoms with Gasteiger partial charge in [-0.1, -0.05) is 24.3 Å². The van der Waals surface area contributed by atoms with Crippen molar-refractivity contribution in [1.29, 1.82) is 0 Å². The number of likely N-dealkylation sites (tertiary alicyclic amines) is 2. The maximum absolute atomic E-state index is 13.1. The van der Waals surface area contributed by atoms with Gasteiger partial charge in [0.25, 0.3) is 5.91 Å². The summed E-state index contributed by atoms with van der Waals surface area (Å²) in [6.45, 7) is 4.03. The quantitative estimate of drug-likeness (QED) is 0.723. The predicted octanol–water partition coefficient (Wildman–Crippen LogP) is 2.62. The topological polar surface area (TPSA) is 60.9 Å². The van der Waals surface area contributed by atoms with E-state index in [0.717, 1.165) is 39.0 Å². The summed E-state index contributed by atoms with van der Waals surface area (Å²) >= 11 is 0. The van der Waals surface area contributed by atoms with Crippen LogP contribution in [0.2, 0.25) is 0 Å². The van der Waals surface area contributed by atoms with Gasteiger partial charge < -0.3 is 9.80 Å². The highest BCUT2D eigenvalue weighted by atomic mass is 16.2. The molecular formula is C24H27N3O3. The number of carbonyl (C=O) groups excluding carboxylic acids is 3. The Kier molecular flexibility index (Phi) is 5.03. The third-order valence-electron chi connectivity index (χ3n) is 6.82. The van der Waals surface area contributed by atoms with Crippen molar-refractivity contribution < 1.29 is 14.4 Å². The predicted molar refractivity (Wildman–Crippen MR) is 114 cm³/mol. The summed E-state index contributed by atoms with van der Waals surface area (Å²) in [4.78, 5) is 44.3. The van der Waals surface area contributed by atoms with Gasteiger partial charge in [0, 0.05) is 24.7 Å². The van der Waals surface area contributed by atoms with Crippen molar-refractivity contribution in [3.8, 4) is 0 Å². The van der Waals surface area contributed by atoms with Crippen molar-refractivity contribution in [3.05, 3.63) is 54.1 Å². The van der Waals surface area contributed by atoms with Gasteiger partial charge in [0.15, 0.2) is 0 Å². The molecule has 4 aliphatic rings. The minimum Gasteiger partial charge on any atom is -0.334 e. The maximum atomic E-state index is 13.1. The second-order valence-corrected chi connectivity index (χ2v) is 8.68. The van der Waals surface area contributed by atoms with Gasteiger partial charge >= 0.3 is 0 Å². The lowest BCUT2D eigenvalue weighted by molar-refractivity contribution is -0.122. The normalized spacial score (nSPS) is 28.6. The number of fused-ring (bicyclic) bond motifs is 1. The number of carbonyl (C=O) groups is 3. The fourth-order valence-corrected chi connectivity index (χ4v) is 5.22. The Morgan fingerprint density at radius 1 is 0.867 bits per heavy atom. The van der Waals surface area contributed by atoms with E-state index in [4.69, 9.17) is 0 Å². The molecule has 156 valence electrons. The van der Waals surface area contributed by atoms with Crippen molar-refractivity contribution in [2.75, 3.05) is 31.1 Å². The lowest BCUT2D eigenvalue weighted by atomic mass is 9.91. The molecule has 3 heterocycles. The number of rotatable bonds is 4. The van der Waals surface area contributed by atoms with Crippen LogP contribution in [-0.2, 0) is 9.59 Å². The summed E-state index contributed by atoms with van der Waals surface area (Å²) in [7, 11) is 0. The van der Waals surface area contributed by atoms with Crippen molar-refractivity contribution in [2.24, 2.45) is 11.8 Å². The first-order valence-corrected chi connectivity index (χ1v) is 11.0. The summed E-state index contributed by atoms with van der Waals surface area (Å²) < 4.78 is 0. The van der Waals surface area contributed by atoms with Gasteiger partial charge in [0.1, 0.15) is 0 Å². The van der Waals surface area contributed by atoms with Gasteiger partial charge in [0.05, 0.1) is 17.5 Å². The molecule has 0 saturated carbocycles. The number of imide groups is 1. The monoisotopic (exact) mass is 405 g/mol. The van der Waals surface area contributed by atoms with E-state index in [1.807, 2.05) is 17.1 Å². The smallest absolute Gasteiger partial charge is 0.254 e. The lowest BCUT2D eigenvalue weighted by Crippen LogP contribution is -2.42. The number of anilines is 1. The maximum Gasteiger partial charge on any atom is 0.254 e. The summed E-state index contributed by atoms with van der Waals surface area (Å²) in [5, 5.41) is 0. The molecule has 3 amide bonds. The highest BCUT2D eigenvalue weighted by Gasteiger charge is 2.46. The number of amides is 3. The van der Waals surface area contributed by atoms with Crippen molar-refractivity contribution in [3.63, 3.8) is 0 Å². The number of hydrogen-bond acceptors (Lipinski definition) is 4. The highest BCUT2D eigenvalue weighted by Crippen LogP contribution is 2.34. The molecule has 5 rings (SSSR count). The van der Waals surface area contributed by atoms with E-state index in [9.17, 15) is 14.4 Å². The number of allylic oxidation sites excluding steroid dienone is 2. The summed E-state index contributed by atoms with van der Waals surface area (Å²) in [5.41, 5.74) is 1.15. The molecule has 3 saturated heterocycles. The second kappa shape index (κ2) is 7.84. The second-order valence-electron chi connectivity index (χ2n) is 8.68. The zero-order valence-electron chi connectivity index (χ0n) is 17.1. The summed E-state index contributed by atoms with van der Waals surface area (Å²) in [6.07, 6.45) is 11.8. The fraction of sp³-hybridized carbons (Fsp3) is 0.458. The molecule has 30 heavy (non-hydrogen) atoms. The van der Waals surface area contributed by atoms with E-state index in [1.54, 1.807) is 36.4 Å². The molecule has 1 aromatic carbocycles. The molecule has 0 N–H and O–H groups in total. The Bertz CT molecular complexity index is 884. The third-order valence-corrected chi connectivity index (χ3v) is 6.82. The summed E-state index contributed by atoms with van der Waals surface area (Å²) in [6, 6.07) is 7.21. The fourth-order valence-electron chi connectivity index (χ4n) is 5.22. The van der Waals surface area contributed by atoms with Crippen LogP contribution in [0.4, 0.5) is 5.69 Å². The Morgan fingerprint density at radius 3 is 2.13 bits per heavy atom. The van der Waals surface area contributed by atoms with Crippen LogP contribution in [-0.4, -0.2) is 59.7 Å². The molecule has 0 bridgehead atoms. The van der Waals surface area contributed by atoms with Crippen LogP contribution < -0.4 is 4.90 Å². The van der Waals surface area contributed by atoms with Crippen LogP contribution in [0, 0.1) is 11.8 Å². The van der Waals surface area contributed by atoms with Gasteiger partial charge in [-0.25, -0.2) is 4.90 Å². The highest BCUT2D eigenvalue weighted by molar-refractivity contribution is 6.23. The number of benzene rings is 1. The molecule has 3 aliphatic heterocycles. The van der Waals surface area contributed by atoms with E-state index >= 15 is 0 Å².